The van der Waals surface area contributed by atoms with Crippen LogP contribution in [0.2, 0.25) is 15.1 Å². The maximum atomic E-state index is 13.9. The summed E-state index contributed by atoms with van der Waals surface area (Å²) in [4.78, 5) is 26.5. The molecule has 0 aromatic heterocycles. The van der Waals surface area contributed by atoms with E-state index in [1.165, 1.54) is 35.8 Å². The van der Waals surface area contributed by atoms with Gasteiger partial charge in [0.2, 0.25) is 11.8 Å². The van der Waals surface area contributed by atoms with Crippen molar-refractivity contribution in [2.75, 3.05) is 12.8 Å². The molecule has 2 aromatic carbocycles. The number of carbonyl (C=O) groups is 2. The maximum absolute atomic E-state index is 13.9. The topological polar surface area (TPSA) is 49.4 Å². The van der Waals surface area contributed by atoms with Crippen molar-refractivity contribution >= 4 is 58.4 Å². The van der Waals surface area contributed by atoms with Crippen LogP contribution in [0.25, 0.3) is 0 Å². The molecule has 0 aliphatic carbocycles. The van der Waals surface area contributed by atoms with Gasteiger partial charge in [-0.05, 0) is 31.2 Å². The molecule has 2 aromatic rings. The van der Waals surface area contributed by atoms with Gasteiger partial charge in [-0.15, -0.1) is 11.8 Å². The Morgan fingerprint density at radius 1 is 1.07 bits per heavy atom. The van der Waals surface area contributed by atoms with E-state index < -0.39 is 11.9 Å². The molecule has 0 saturated carbocycles. The molecule has 4 nitrogen and oxygen atoms in total. The van der Waals surface area contributed by atoms with Crippen LogP contribution in [0.1, 0.15) is 18.1 Å². The first-order valence-corrected chi connectivity index (χ1v) is 11.0. The third-order valence-electron chi connectivity index (χ3n) is 4.34. The van der Waals surface area contributed by atoms with E-state index in [4.69, 9.17) is 34.8 Å². The monoisotopic (exact) mass is 476 g/mol. The number of amides is 2. The Balaban J connectivity index is 2.15. The van der Waals surface area contributed by atoms with Crippen molar-refractivity contribution in [3.63, 3.8) is 0 Å². The first-order valence-electron chi connectivity index (χ1n) is 8.70. The first-order chi connectivity index (χ1) is 13.8. The van der Waals surface area contributed by atoms with Crippen LogP contribution in [0.5, 0.6) is 0 Å². The lowest BCUT2D eigenvalue weighted by atomic mass is 10.1. The predicted molar refractivity (Wildman–Crippen MR) is 118 cm³/mol. The average Bonchev–Trinajstić information content (AvgIpc) is 2.68. The number of nitrogens with one attached hydrogen (secondary N) is 1. The Bertz CT molecular complexity index is 858. The van der Waals surface area contributed by atoms with Gasteiger partial charge in [-0.1, -0.05) is 46.9 Å². The molecule has 0 aliphatic rings. The van der Waals surface area contributed by atoms with E-state index in [1.54, 1.807) is 31.2 Å². The molecule has 0 fully saturated rings. The van der Waals surface area contributed by atoms with Crippen LogP contribution in [0, 0.1) is 5.82 Å². The molecule has 0 bridgehead atoms. The molecule has 1 atom stereocenters. The summed E-state index contributed by atoms with van der Waals surface area (Å²) in [5.41, 5.74) is 0.897. The molecule has 0 radical (unpaired) electrons. The van der Waals surface area contributed by atoms with Gasteiger partial charge < -0.3 is 10.2 Å². The lowest BCUT2D eigenvalue weighted by Crippen LogP contribution is -2.47. The Morgan fingerprint density at radius 2 is 1.62 bits per heavy atom. The summed E-state index contributed by atoms with van der Waals surface area (Å²) in [5.74, 6) is -0.769. The van der Waals surface area contributed by atoms with Crippen LogP contribution in [0.3, 0.4) is 0 Å². The molecular weight excluding hydrogens is 458 g/mol. The van der Waals surface area contributed by atoms with E-state index in [9.17, 15) is 14.0 Å². The second-order valence-electron chi connectivity index (χ2n) is 6.21. The molecular formula is C20H20Cl3FN2O2S. The number of hydrogen-bond acceptors (Lipinski definition) is 3. The molecule has 29 heavy (non-hydrogen) atoms. The summed E-state index contributed by atoms with van der Waals surface area (Å²) < 4.78 is 13.9. The zero-order chi connectivity index (χ0) is 21.6. The minimum absolute atomic E-state index is 0.0358. The zero-order valence-electron chi connectivity index (χ0n) is 15.8. The lowest BCUT2D eigenvalue weighted by molar-refractivity contribution is -0.138. The van der Waals surface area contributed by atoms with Gasteiger partial charge in [0, 0.05) is 45.5 Å². The van der Waals surface area contributed by atoms with Crippen molar-refractivity contribution in [1.82, 2.24) is 10.2 Å². The van der Waals surface area contributed by atoms with Gasteiger partial charge in [-0.2, -0.15) is 0 Å². The highest BCUT2D eigenvalue weighted by Crippen LogP contribution is 2.28. The van der Waals surface area contributed by atoms with Gasteiger partial charge in [0.05, 0.1) is 5.75 Å². The molecule has 2 amide bonds. The van der Waals surface area contributed by atoms with Crippen LogP contribution in [0.4, 0.5) is 4.39 Å². The smallest absolute Gasteiger partial charge is 0.242 e. The Hall–Kier alpha value is -1.47. The van der Waals surface area contributed by atoms with Gasteiger partial charge in [0.15, 0.2) is 0 Å². The van der Waals surface area contributed by atoms with Crippen molar-refractivity contribution in [2.24, 2.45) is 0 Å². The van der Waals surface area contributed by atoms with Crippen molar-refractivity contribution in [2.45, 2.75) is 25.3 Å². The minimum atomic E-state index is -0.738. The molecule has 0 spiro atoms. The summed E-state index contributed by atoms with van der Waals surface area (Å²) in [5, 5.41) is 3.66. The third-order valence-corrected chi connectivity index (χ3v) is 6.34. The van der Waals surface area contributed by atoms with Crippen LogP contribution >= 0.6 is 46.6 Å². The van der Waals surface area contributed by atoms with Crippen molar-refractivity contribution < 1.29 is 14.0 Å². The molecule has 1 N–H and O–H groups in total. The van der Waals surface area contributed by atoms with Gasteiger partial charge in [-0.25, -0.2) is 4.39 Å². The zero-order valence-corrected chi connectivity index (χ0v) is 18.9. The standard InChI is InChI=1S/C20H20Cl3FN2O2S/c1-12(20(28)25-2)26(9-13-15(21)5-3-6-16(13)22)19(27)11-29-10-14-17(23)7-4-8-18(14)24/h3-8,12H,9-11H2,1-2H3,(H,25,28)/t12-/m0/s1. The number of nitrogens with zero attached hydrogens (tertiary/aromatic N) is 1. The van der Waals surface area contributed by atoms with Crippen LogP contribution < -0.4 is 5.32 Å². The maximum Gasteiger partial charge on any atom is 0.242 e. The van der Waals surface area contributed by atoms with Crippen LogP contribution in [-0.2, 0) is 21.9 Å². The van der Waals surface area contributed by atoms with E-state index in [0.717, 1.165) is 0 Å². The van der Waals surface area contributed by atoms with Gasteiger partial charge >= 0.3 is 0 Å². The first kappa shape index (κ1) is 23.8. The van der Waals surface area contributed by atoms with Crippen LogP contribution in [0.15, 0.2) is 36.4 Å². The molecule has 0 saturated heterocycles. The summed E-state index contributed by atoms with van der Waals surface area (Å²) in [7, 11) is 1.50. The number of hydrogen-bond donors (Lipinski definition) is 1. The van der Waals surface area contributed by atoms with Gasteiger partial charge in [0.1, 0.15) is 11.9 Å². The van der Waals surface area contributed by atoms with E-state index in [2.05, 4.69) is 5.32 Å². The Morgan fingerprint density at radius 3 is 2.17 bits per heavy atom. The number of halogens is 4. The summed E-state index contributed by atoms with van der Waals surface area (Å²) in [6.07, 6.45) is 0. The number of benzene rings is 2. The number of likely N-dealkylation sites (N-methyl/N-ethyl adjacent to an activating group) is 1. The molecule has 0 unspecified atom stereocenters. The molecule has 0 heterocycles. The van der Waals surface area contributed by atoms with Gasteiger partial charge in [-0.3, -0.25) is 9.59 Å². The summed E-state index contributed by atoms with van der Waals surface area (Å²) >= 11 is 19.7. The number of carbonyl (C=O) groups excluding carboxylic acids is 2. The van der Waals surface area contributed by atoms with E-state index >= 15 is 0 Å². The van der Waals surface area contributed by atoms with E-state index in [1.807, 2.05) is 0 Å². The van der Waals surface area contributed by atoms with Gasteiger partial charge in [0.25, 0.3) is 0 Å². The number of rotatable bonds is 8. The highest BCUT2D eigenvalue weighted by Gasteiger charge is 2.26. The third kappa shape index (κ3) is 6.25. The molecule has 156 valence electrons. The number of thioether (sulfide) groups is 1. The highest BCUT2D eigenvalue weighted by molar-refractivity contribution is 7.99. The predicted octanol–water partition coefficient (Wildman–Crippen LogP) is 5.18. The highest BCUT2D eigenvalue weighted by atomic mass is 35.5. The van der Waals surface area contributed by atoms with E-state index in [-0.39, 0.29) is 29.9 Å². The second kappa shape index (κ2) is 11.1. The Labute approximate surface area is 188 Å². The molecule has 0 aliphatic heterocycles. The van der Waals surface area contributed by atoms with Crippen molar-refractivity contribution in [1.29, 1.82) is 0 Å². The van der Waals surface area contributed by atoms with E-state index in [0.29, 0.717) is 26.2 Å². The Kier molecular flexibility index (Phi) is 9.08. The van der Waals surface area contributed by atoms with Crippen LogP contribution in [-0.4, -0.2) is 35.6 Å². The normalized spacial score (nSPS) is 11.8. The SMILES string of the molecule is CNC(=O)[C@H](C)N(Cc1c(Cl)cccc1Cl)C(=O)CSCc1c(F)cccc1Cl. The fourth-order valence-electron chi connectivity index (χ4n) is 2.64. The fourth-order valence-corrected chi connectivity index (χ4v) is 4.40. The largest absolute Gasteiger partial charge is 0.357 e. The summed E-state index contributed by atoms with van der Waals surface area (Å²) in [6.45, 7) is 1.70. The molecule has 9 heteroatoms. The average molecular weight is 478 g/mol. The lowest BCUT2D eigenvalue weighted by Gasteiger charge is -2.29. The summed E-state index contributed by atoms with van der Waals surface area (Å²) in [6, 6.07) is 8.76. The second-order valence-corrected chi connectivity index (χ2v) is 8.41. The van der Waals surface area contributed by atoms with Crippen molar-refractivity contribution in [3.8, 4) is 0 Å². The van der Waals surface area contributed by atoms with Crippen molar-refractivity contribution in [3.05, 3.63) is 68.4 Å². The minimum Gasteiger partial charge on any atom is -0.357 e. The fraction of sp³-hybridized carbons (Fsp3) is 0.300. The molecule has 2 rings (SSSR count). The quantitative estimate of drug-likeness (QED) is 0.570.